The standard InChI is InChI=1S/C21H28N6O2/c1-24-7-9-27(10-8-24)21-22-15-17(16-23-21)20(28)26-13-11-25(12-14-26)18-5-3-4-6-19(18)29-2/h3-6,15-16H,7-14H2,1-2H3. The van der Waals surface area contributed by atoms with E-state index in [1.54, 1.807) is 19.5 Å². The molecular weight excluding hydrogens is 368 g/mol. The molecule has 1 amide bonds. The molecule has 0 N–H and O–H groups in total. The molecule has 154 valence electrons. The number of hydrogen-bond donors (Lipinski definition) is 0. The number of anilines is 2. The number of methoxy groups -OCH3 is 1. The molecule has 2 fully saturated rings. The third-order valence-electron chi connectivity index (χ3n) is 5.66. The molecule has 0 unspecified atom stereocenters. The number of amides is 1. The molecular formula is C21H28N6O2. The van der Waals surface area contributed by atoms with Gasteiger partial charge in [0.2, 0.25) is 5.95 Å². The molecule has 2 aliphatic rings. The number of carbonyl (C=O) groups is 1. The summed E-state index contributed by atoms with van der Waals surface area (Å²) in [7, 11) is 3.80. The van der Waals surface area contributed by atoms with Gasteiger partial charge in [0.1, 0.15) is 5.75 Å². The molecule has 0 saturated carbocycles. The zero-order chi connectivity index (χ0) is 20.2. The van der Waals surface area contributed by atoms with Gasteiger partial charge < -0.3 is 24.3 Å². The number of carbonyl (C=O) groups excluding carboxylic acids is 1. The Kier molecular flexibility index (Phi) is 5.80. The van der Waals surface area contributed by atoms with E-state index in [9.17, 15) is 4.79 Å². The van der Waals surface area contributed by atoms with Crippen molar-refractivity contribution in [2.24, 2.45) is 0 Å². The van der Waals surface area contributed by atoms with Crippen molar-refractivity contribution in [3.8, 4) is 5.75 Å². The fourth-order valence-electron chi connectivity index (χ4n) is 3.83. The average Bonchev–Trinajstić information content (AvgIpc) is 2.79. The van der Waals surface area contributed by atoms with Gasteiger partial charge in [-0.3, -0.25) is 4.79 Å². The Hall–Kier alpha value is -2.87. The maximum atomic E-state index is 12.9. The van der Waals surface area contributed by atoms with Crippen molar-refractivity contribution in [2.75, 3.05) is 76.3 Å². The maximum Gasteiger partial charge on any atom is 0.257 e. The van der Waals surface area contributed by atoms with E-state index < -0.39 is 0 Å². The van der Waals surface area contributed by atoms with Crippen LogP contribution in [0, 0.1) is 0 Å². The quantitative estimate of drug-likeness (QED) is 0.769. The molecule has 8 nitrogen and oxygen atoms in total. The lowest BCUT2D eigenvalue weighted by molar-refractivity contribution is 0.0746. The Bertz CT molecular complexity index is 827. The minimum absolute atomic E-state index is 0.00500. The largest absolute Gasteiger partial charge is 0.495 e. The molecule has 8 heteroatoms. The minimum Gasteiger partial charge on any atom is -0.495 e. The van der Waals surface area contributed by atoms with Crippen LogP contribution in [0.5, 0.6) is 5.75 Å². The average molecular weight is 396 g/mol. The summed E-state index contributed by atoms with van der Waals surface area (Å²) in [6.45, 7) is 6.69. The van der Waals surface area contributed by atoms with Crippen LogP contribution >= 0.6 is 0 Å². The van der Waals surface area contributed by atoms with Gasteiger partial charge in [-0.2, -0.15) is 0 Å². The Balaban J connectivity index is 1.36. The molecule has 0 atom stereocenters. The number of ether oxygens (including phenoxy) is 1. The topological polar surface area (TPSA) is 65.0 Å². The van der Waals surface area contributed by atoms with Gasteiger partial charge in [-0.15, -0.1) is 0 Å². The first-order chi connectivity index (χ1) is 14.2. The van der Waals surface area contributed by atoms with Crippen molar-refractivity contribution in [1.82, 2.24) is 19.8 Å². The molecule has 0 bridgehead atoms. The normalized spacial score (nSPS) is 18.1. The maximum absolute atomic E-state index is 12.9. The van der Waals surface area contributed by atoms with Gasteiger partial charge >= 0.3 is 0 Å². The van der Waals surface area contributed by atoms with Gasteiger partial charge in [0.05, 0.1) is 18.4 Å². The number of rotatable bonds is 4. The summed E-state index contributed by atoms with van der Waals surface area (Å²) in [6, 6.07) is 8.00. The molecule has 0 radical (unpaired) electrons. The Labute approximate surface area is 171 Å². The van der Waals surface area contributed by atoms with Crippen LogP contribution in [-0.4, -0.2) is 92.2 Å². The number of benzene rings is 1. The van der Waals surface area contributed by atoms with Crippen molar-refractivity contribution in [3.63, 3.8) is 0 Å². The lowest BCUT2D eigenvalue weighted by Gasteiger charge is -2.36. The van der Waals surface area contributed by atoms with Crippen LogP contribution < -0.4 is 14.5 Å². The summed E-state index contributed by atoms with van der Waals surface area (Å²) in [4.78, 5) is 30.4. The molecule has 1 aromatic carbocycles. The van der Waals surface area contributed by atoms with Crippen LogP contribution in [0.25, 0.3) is 0 Å². The summed E-state index contributed by atoms with van der Waals surface area (Å²) >= 11 is 0. The van der Waals surface area contributed by atoms with Crippen LogP contribution in [-0.2, 0) is 0 Å². The van der Waals surface area contributed by atoms with E-state index in [2.05, 4.69) is 37.8 Å². The second-order valence-electron chi connectivity index (χ2n) is 7.51. The SMILES string of the molecule is COc1ccccc1N1CCN(C(=O)c2cnc(N3CCN(C)CC3)nc2)CC1. The van der Waals surface area contributed by atoms with E-state index in [1.165, 1.54) is 0 Å². The van der Waals surface area contributed by atoms with Gasteiger partial charge in [0, 0.05) is 64.8 Å². The second kappa shape index (κ2) is 8.65. The Morgan fingerprint density at radius 3 is 2.17 bits per heavy atom. The first kappa shape index (κ1) is 19.4. The highest BCUT2D eigenvalue weighted by Crippen LogP contribution is 2.28. The monoisotopic (exact) mass is 396 g/mol. The Morgan fingerprint density at radius 1 is 0.897 bits per heavy atom. The number of nitrogens with zero attached hydrogens (tertiary/aromatic N) is 6. The van der Waals surface area contributed by atoms with Crippen molar-refractivity contribution in [3.05, 3.63) is 42.2 Å². The van der Waals surface area contributed by atoms with Crippen molar-refractivity contribution >= 4 is 17.5 Å². The molecule has 29 heavy (non-hydrogen) atoms. The van der Waals surface area contributed by atoms with Crippen LogP contribution in [0.2, 0.25) is 0 Å². The van der Waals surface area contributed by atoms with E-state index in [0.29, 0.717) is 24.6 Å². The zero-order valence-corrected chi connectivity index (χ0v) is 17.1. The number of para-hydroxylation sites is 2. The lowest BCUT2D eigenvalue weighted by Crippen LogP contribution is -2.49. The number of likely N-dealkylation sites (N-methyl/N-ethyl adjacent to an activating group) is 1. The van der Waals surface area contributed by atoms with Crippen LogP contribution in [0.15, 0.2) is 36.7 Å². The van der Waals surface area contributed by atoms with Crippen LogP contribution in [0.4, 0.5) is 11.6 Å². The van der Waals surface area contributed by atoms with E-state index in [-0.39, 0.29) is 5.91 Å². The smallest absolute Gasteiger partial charge is 0.257 e. The molecule has 1 aromatic heterocycles. The number of aromatic nitrogens is 2. The predicted octanol–water partition coefficient (Wildman–Crippen LogP) is 1.20. The highest BCUT2D eigenvalue weighted by molar-refractivity contribution is 5.93. The van der Waals surface area contributed by atoms with E-state index in [0.717, 1.165) is 50.7 Å². The van der Waals surface area contributed by atoms with Crippen molar-refractivity contribution < 1.29 is 9.53 Å². The summed E-state index contributed by atoms with van der Waals surface area (Å²) < 4.78 is 5.46. The summed E-state index contributed by atoms with van der Waals surface area (Å²) in [6.07, 6.45) is 3.32. The lowest BCUT2D eigenvalue weighted by atomic mass is 10.2. The third kappa shape index (κ3) is 4.27. The highest BCUT2D eigenvalue weighted by atomic mass is 16.5. The molecule has 0 spiro atoms. The predicted molar refractivity (Wildman–Crippen MR) is 113 cm³/mol. The number of hydrogen-bond acceptors (Lipinski definition) is 7. The van der Waals surface area contributed by atoms with Gasteiger partial charge in [0.15, 0.2) is 0 Å². The molecule has 3 heterocycles. The second-order valence-corrected chi connectivity index (χ2v) is 7.51. The minimum atomic E-state index is -0.00500. The molecule has 4 rings (SSSR count). The fourth-order valence-corrected chi connectivity index (χ4v) is 3.83. The van der Waals surface area contributed by atoms with Gasteiger partial charge in [-0.05, 0) is 19.2 Å². The van der Waals surface area contributed by atoms with Gasteiger partial charge in [0.25, 0.3) is 5.91 Å². The molecule has 2 aromatic rings. The van der Waals surface area contributed by atoms with E-state index >= 15 is 0 Å². The molecule has 2 aliphatic heterocycles. The summed E-state index contributed by atoms with van der Waals surface area (Å²) in [5, 5.41) is 0. The summed E-state index contributed by atoms with van der Waals surface area (Å²) in [5.41, 5.74) is 1.62. The summed E-state index contributed by atoms with van der Waals surface area (Å²) in [5.74, 6) is 1.56. The van der Waals surface area contributed by atoms with Crippen LogP contribution in [0.3, 0.4) is 0 Å². The van der Waals surface area contributed by atoms with Crippen LogP contribution in [0.1, 0.15) is 10.4 Å². The zero-order valence-electron chi connectivity index (χ0n) is 17.1. The first-order valence-electron chi connectivity index (χ1n) is 10.1. The first-order valence-corrected chi connectivity index (χ1v) is 10.1. The fraction of sp³-hybridized carbons (Fsp3) is 0.476. The third-order valence-corrected chi connectivity index (χ3v) is 5.66. The van der Waals surface area contributed by atoms with Gasteiger partial charge in [-0.1, -0.05) is 12.1 Å². The Morgan fingerprint density at radius 2 is 1.52 bits per heavy atom. The van der Waals surface area contributed by atoms with Gasteiger partial charge in [-0.25, -0.2) is 9.97 Å². The van der Waals surface area contributed by atoms with E-state index in [4.69, 9.17) is 4.74 Å². The molecule has 0 aliphatic carbocycles. The molecule has 2 saturated heterocycles. The van der Waals surface area contributed by atoms with Crippen molar-refractivity contribution in [1.29, 1.82) is 0 Å². The highest BCUT2D eigenvalue weighted by Gasteiger charge is 2.24. The van der Waals surface area contributed by atoms with Crippen molar-refractivity contribution in [2.45, 2.75) is 0 Å². The number of piperazine rings is 2. The van der Waals surface area contributed by atoms with E-state index in [1.807, 2.05) is 23.1 Å².